The number of nitrogens with zero attached hydrogens (tertiary/aromatic N) is 4. The average Bonchev–Trinajstić information content (AvgIpc) is 2.83. The zero-order valence-electron chi connectivity index (χ0n) is 12.6. The monoisotopic (exact) mass is 281 g/mol. The molecule has 0 atom stereocenters. The zero-order valence-corrected chi connectivity index (χ0v) is 12.6. The van der Waals surface area contributed by atoms with Gasteiger partial charge in [-0.15, -0.1) is 0 Å². The molecule has 5 heteroatoms. The molecule has 3 rings (SSSR count). The first-order chi connectivity index (χ1) is 10.1. The summed E-state index contributed by atoms with van der Waals surface area (Å²) < 4.78 is 2.10. The van der Waals surface area contributed by atoms with Crippen molar-refractivity contribution in [2.75, 3.05) is 0 Å². The number of rotatable bonds is 3. The molecule has 108 valence electrons. The van der Waals surface area contributed by atoms with Gasteiger partial charge in [0.05, 0.1) is 22.4 Å². The van der Waals surface area contributed by atoms with E-state index in [0.717, 1.165) is 45.8 Å². The van der Waals surface area contributed by atoms with Crippen LogP contribution in [-0.4, -0.2) is 19.7 Å². The minimum atomic E-state index is 0.526. The SMILES string of the molecule is CCc1nnc(C)cc1-c1nc2cc(CN)ccc2n1C. The van der Waals surface area contributed by atoms with Crippen molar-refractivity contribution < 1.29 is 0 Å². The minimum absolute atomic E-state index is 0.526. The number of imidazole rings is 1. The van der Waals surface area contributed by atoms with Gasteiger partial charge in [0.2, 0.25) is 0 Å². The fourth-order valence-corrected chi connectivity index (χ4v) is 2.58. The molecular weight excluding hydrogens is 262 g/mol. The highest BCUT2D eigenvalue weighted by Crippen LogP contribution is 2.26. The maximum Gasteiger partial charge on any atom is 0.142 e. The van der Waals surface area contributed by atoms with Crippen LogP contribution in [-0.2, 0) is 20.0 Å². The van der Waals surface area contributed by atoms with Crippen LogP contribution in [0.5, 0.6) is 0 Å². The van der Waals surface area contributed by atoms with Crippen molar-refractivity contribution in [2.45, 2.75) is 26.8 Å². The standard InChI is InChI=1S/C16H19N5/c1-4-13-12(7-10(2)19-20-13)16-18-14-8-11(9-17)5-6-15(14)21(16)3/h5-8H,4,9,17H2,1-3H3. The summed E-state index contributed by atoms with van der Waals surface area (Å²) in [5.74, 6) is 0.925. The van der Waals surface area contributed by atoms with Crippen LogP contribution in [0.25, 0.3) is 22.4 Å². The lowest BCUT2D eigenvalue weighted by atomic mass is 10.1. The Kier molecular flexibility index (Phi) is 3.43. The van der Waals surface area contributed by atoms with Crippen molar-refractivity contribution in [1.82, 2.24) is 19.7 Å². The van der Waals surface area contributed by atoms with Crippen LogP contribution in [0.4, 0.5) is 0 Å². The molecule has 1 aromatic carbocycles. The Morgan fingerprint density at radius 1 is 1.19 bits per heavy atom. The Hall–Kier alpha value is -2.27. The van der Waals surface area contributed by atoms with Gasteiger partial charge in [-0.25, -0.2) is 4.98 Å². The molecule has 0 saturated heterocycles. The van der Waals surface area contributed by atoms with E-state index >= 15 is 0 Å². The molecule has 2 aromatic heterocycles. The van der Waals surface area contributed by atoms with Gasteiger partial charge >= 0.3 is 0 Å². The van der Waals surface area contributed by atoms with E-state index in [4.69, 9.17) is 10.7 Å². The first kappa shape index (κ1) is 13.7. The third-order valence-corrected chi connectivity index (χ3v) is 3.75. The van der Waals surface area contributed by atoms with Gasteiger partial charge in [-0.3, -0.25) is 0 Å². The first-order valence-electron chi connectivity index (χ1n) is 7.13. The zero-order chi connectivity index (χ0) is 15.0. The molecule has 0 radical (unpaired) electrons. The Morgan fingerprint density at radius 2 is 2.00 bits per heavy atom. The van der Waals surface area contributed by atoms with E-state index in [1.165, 1.54) is 0 Å². The van der Waals surface area contributed by atoms with E-state index in [1.54, 1.807) is 0 Å². The molecule has 0 aliphatic heterocycles. The van der Waals surface area contributed by atoms with Gasteiger partial charge in [0, 0.05) is 19.2 Å². The fraction of sp³-hybridized carbons (Fsp3) is 0.312. The summed E-state index contributed by atoms with van der Waals surface area (Å²) in [6, 6.07) is 8.22. The highest BCUT2D eigenvalue weighted by Gasteiger charge is 2.14. The van der Waals surface area contributed by atoms with Crippen LogP contribution in [0.2, 0.25) is 0 Å². The van der Waals surface area contributed by atoms with Crippen LogP contribution >= 0.6 is 0 Å². The Labute approximate surface area is 123 Å². The van der Waals surface area contributed by atoms with Gasteiger partial charge in [0.1, 0.15) is 5.82 Å². The lowest BCUT2D eigenvalue weighted by molar-refractivity contribution is 0.880. The van der Waals surface area contributed by atoms with Gasteiger partial charge in [-0.1, -0.05) is 13.0 Å². The van der Waals surface area contributed by atoms with Crippen LogP contribution in [0.1, 0.15) is 23.9 Å². The molecular formula is C16H19N5. The third-order valence-electron chi connectivity index (χ3n) is 3.75. The minimum Gasteiger partial charge on any atom is -0.327 e. The predicted octanol–water partition coefficient (Wildman–Crippen LogP) is 2.36. The highest BCUT2D eigenvalue weighted by molar-refractivity contribution is 5.81. The van der Waals surface area contributed by atoms with Crippen LogP contribution in [0, 0.1) is 6.92 Å². The van der Waals surface area contributed by atoms with E-state index < -0.39 is 0 Å². The van der Waals surface area contributed by atoms with Crippen molar-refractivity contribution in [3.05, 3.63) is 41.2 Å². The second-order valence-corrected chi connectivity index (χ2v) is 5.22. The van der Waals surface area contributed by atoms with Crippen molar-refractivity contribution >= 4 is 11.0 Å². The maximum atomic E-state index is 5.71. The summed E-state index contributed by atoms with van der Waals surface area (Å²) in [6.45, 7) is 4.56. The molecule has 2 N–H and O–H groups in total. The molecule has 5 nitrogen and oxygen atoms in total. The maximum absolute atomic E-state index is 5.71. The first-order valence-corrected chi connectivity index (χ1v) is 7.13. The molecule has 2 heterocycles. The number of aryl methyl sites for hydroxylation is 3. The molecule has 21 heavy (non-hydrogen) atoms. The van der Waals surface area contributed by atoms with Crippen LogP contribution < -0.4 is 5.73 Å². The van der Waals surface area contributed by atoms with Gasteiger partial charge in [0.15, 0.2) is 0 Å². The van der Waals surface area contributed by atoms with Gasteiger partial charge < -0.3 is 10.3 Å². The van der Waals surface area contributed by atoms with E-state index in [9.17, 15) is 0 Å². The lowest BCUT2D eigenvalue weighted by Gasteiger charge is -2.07. The van der Waals surface area contributed by atoms with Gasteiger partial charge in [0.25, 0.3) is 0 Å². The molecule has 0 spiro atoms. The third kappa shape index (κ3) is 2.29. The average molecular weight is 281 g/mol. The van der Waals surface area contributed by atoms with Crippen molar-refractivity contribution in [1.29, 1.82) is 0 Å². The molecule has 0 fully saturated rings. The second kappa shape index (κ2) is 5.26. The topological polar surface area (TPSA) is 69.6 Å². The smallest absolute Gasteiger partial charge is 0.142 e. The number of nitrogens with two attached hydrogens (primary N) is 1. The molecule has 0 aliphatic carbocycles. The number of fused-ring (bicyclic) bond motifs is 1. The molecule has 0 bridgehead atoms. The van der Waals surface area contributed by atoms with E-state index in [2.05, 4.69) is 33.8 Å². The van der Waals surface area contributed by atoms with Crippen molar-refractivity contribution in [3.63, 3.8) is 0 Å². The van der Waals surface area contributed by atoms with Crippen molar-refractivity contribution in [3.8, 4) is 11.4 Å². The molecule has 0 saturated carbocycles. The Balaban J connectivity index is 2.25. The van der Waals surface area contributed by atoms with Crippen LogP contribution in [0.15, 0.2) is 24.3 Å². The normalized spacial score (nSPS) is 11.2. The second-order valence-electron chi connectivity index (χ2n) is 5.22. The number of hydrogen-bond donors (Lipinski definition) is 1. The van der Waals surface area contributed by atoms with E-state index in [0.29, 0.717) is 6.54 Å². The summed E-state index contributed by atoms with van der Waals surface area (Å²) >= 11 is 0. The van der Waals surface area contributed by atoms with Gasteiger partial charge in [-0.05, 0) is 37.1 Å². The molecule has 0 amide bonds. The Morgan fingerprint density at radius 3 is 2.71 bits per heavy atom. The fourth-order valence-electron chi connectivity index (χ4n) is 2.58. The summed E-state index contributed by atoms with van der Waals surface area (Å²) in [6.07, 6.45) is 0.833. The quantitative estimate of drug-likeness (QED) is 0.800. The molecule has 0 aliphatic rings. The summed E-state index contributed by atoms with van der Waals surface area (Å²) in [4.78, 5) is 4.78. The van der Waals surface area contributed by atoms with E-state index in [1.807, 2.05) is 26.1 Å². The predicted molar refractivity (Wildman–Crippen MR) is 83.7 cm³/mol. The number of aromatic nitrogens is 4. The Bertz CT molecular complexity index is 804. The molecule has 3 aromatic rings. The highest BCUT2D eigenvalue weighted by atomic mass is 15.1. The largest absolute Gasteiger partial charge is 0.327 e. The molecule has 0 unspecified atom stereocenters. The summed E-state index contributed by atoms with van der Waals surface area (Å²) in [5.41, 5.74) is 11.8. The van der Waals surface area contributed by atoms with Crippen LogP contribution in [0.3, 0.4) is 0 Å². The lowest BCUT2D eigenvalue weighted by Crippen LogP contribution is -2.01. The van der Waals surface area contributed by atoms with Crippen molar-refractivity contribution in [2.24, 2.45) is 12.8 Å². The van der Waals surface area contributed by atoms with Gasteiger partial charge in [-0.2, -0.15) is 10.2 Å². The van der Waals surface area contributed by atoms with E-state index in [-0.39, 0.29) is 0 Å². The summed E-state index contributed by atoms with van der Waals surface area (Å²) in [7, 11) is 2.03. The number of hydrogen-bond acceptors (Lipinski definition) is 4. The summed E-state index contributed by atoms with van der Waals surface area (Å²) in [5, 5.41) is 8.44. The number of benzene rings is 1.